The molecule has 2 heterocycles. The molecule has 120 valence electrons. The minimum atomic E-state index is -1.17. The maximum Gasteiger partial charge on any atom is 0.329 e. The number of carbonyl (C=O) groups excluding carboxylic acids is 1. The van der Waals surface area contributed by atoms with Crippen molar-refractivity contribution < 1.29 is 14.7 Å². The summed E-state index contributed by atoms with van der Waals surface area (Å²) in [5.74, 6) is -1.43. The third kappa shape index (κ3) is 3.21. The maximum atomic E-state index is 12.4. The summed E-state index contributed by atoms with van der Waals surface area (Å²) >= 11 is 1.28. The van der Waals surface area contributed by atoms with Gasteiger partial charge in [0.2, 0.25) is 0 Å². The highest BCUT2D eigenvalue weighted by Crippen LogP contribution is 2.29. The zero-order chi connectivity index (χ0) is 16.3. The molecule has 0 aromatic carbocycles. The summed E-state index contributed by atoms with van der Waals surface area (Å²) in [4.78, 5) is 36.4. The van der Waals surface area contributed by atoms with Crippen molar-refractivity contribution in [1.82, 2.24) is 20.3 Å². The van der Waals surface area contributed by atoms with Crippen LogP contribution in [0.15, 0.2) is 24.0 Å². The molecular formula is C15H16N4O3S. The van der Waals surface area contributed by atoms with E-state index in [-0.39, 0.29) is 5.69 Å². The molecule has 8 heteroatoms. The largest absolute Gasteiger partial charge is 0.480 e. The molecule has 1 amide bonds. The molecule has 0 aliphatic heterocycles. The molecule has 0 bridgehead atoms. The van der Waals surface area contributed by atoms with Crippen molar-refractivity contribution in [3.63, 3.8) is 0 Å². The van der Waals surface area contributed by atoms with E-state index in [1.165, 1.54) is 11.3 Å². The summed E-state index contributed by atoms with van der Waals surface area (Å²) in [6.07, 6.45) is 8.19. The topological polar surface area (TPSA) is 105 Å². The Morgan fingerprint density at radius 3 is 2.65 bits per heavy atom. The molecule has 1 aliphatic carbocycles. The molecule has 3 rings (SSSR count). The number of carboxylic acids is 1. The fourth-order valence-electron chi connectivity index (χ4n) is 2.73. The number of hydrogen-bond donors (Lipinski definition) is 2. The van der Waals surface area contributed by atoms with Crippen LogP contribution in [0.5, 0.6) is 0 Å². The van der Waals surface area contributed by atoms with Crippen molar-refractivity contribution in [2.45, 2.75) is 37.6 Å². The van der Waals surface area contributed by atoms with Gasteiger partial charge in [0.1, 0.15) is 21.9 Å². The molecule has 0 radical (unpaired) electrons. The van der Waals surface area contributed by atoms with Gasteiger partial charge in [-0.1, -0.05) is 19.3 Å². The fraction of sp³-hybridized carbons (Fsp3) is 0.400. The molecule has 1 saturated carbocycles. The lowest BCUT2D eigenvalue weighted by Gasteiger charge is -2.33. The Morgan fingerprint density at radius 2 is 2.00 bits per heavy atom. The number of aromatic nitrogens is 3. The first-order chi connectivity index (χ1) is 11.1. The maximum absolute atomic E-state index is 12.4. The zero-order valence-electron chi connectivity index (χ0n) is 12.4. The summed E-state index contributed by atoms with van der Waals surface area (Å²) in [6, 6.07) is 0. The summed E-state index contributed by atoms with van der Waals surface area (Å²) in [6.45, 7) is 0. The highest BCUT2D eigenvalue weighted by molar-refractivity contribution is 7.13. The van der Waals surface area contributed by atoms with Gasteiger partial charge in [0.15, 0.2) is 0 Å². The smallest absolute Gasteiger partial charge is 0.329 e. The third-order valence-corrected chi connectivity index (χ3v) is 4.85. The van der Waals surface area contributed by atoms with Crippen LogP contribution in [0, 0.1) is 0 Å². The van der Waals surface area contributed by atoms with Crippen molar-refractivity contribution in [2.24, 2.45) is 0 Å². The lowest BCUT2D eigenvalue weighted by Crippen LogP contribution is -2.55. The summed E-state index contributed by atoms with van der Waals surface area (Å²) in [5.41, 5.74) is -0.380. The Hall–Kier alpha value is -2.35. The molecule has 2 aromatic rings. The van der Waals surface area contributed by atoms with Crippen molar-refractivity contribution in [3.05, 3.63) is 29.7 Å². The lowest BCUT2D eigenvalue weighted by atomic mass is 9.81. The molecule has 0 unspecified atom stereocenters. The van der Waals surface area contributed by atoms with Gasteiger partial charge in [-0.15, -0.1) is 11.3 Å². The Kier molecular flexibility index (Phi) is 4.33. The van der Waals surface area contributed by atoms with Gasteiger partial charge in [-0.3, -0.25) is 14.8 Å². The van der Waals surface area contributed by atoms with E-state index in [0.717, 1.165) is 19.3 Å². The fourth-order valence-corrected chi connectivity index (χ4v) is 3.49. The number of rotatable bonds is 4. The first-order valence-electron chi connectivity index (χ1n) is 7.38. The average Bonchev–Trinajstić information content (AvgIpc) is 3.06. The van der Waals surface area contributed by atoms with Crippen LogP contribution >= 0.6 is 11.3 Å². The van der Waals surface area contributed by atoms with E-state index < -0.39 is 17.4 Å². The molecule has 23 heavy (non-hydrogen) atoms. The van der Waals surface area contributed by atoms with Crippen LogP contribution in [-0.2, 0) is 4.79 Å². The van der Waals surface area contributed by atoms with Gasteiger partial charge in [-0.2, -0.15) is 0 Å². The Balaban J connectivity index is 1.78. The van der Waals surface area contributed by atoms with Crippen LogP contribution < -0.4 is 5.32 Å². The number of carboxylic acid groups (broad SMARTS) is 1. The van der Waals surface area contributed by atoms with Gasteiger partial charge in [-0.25, -0.2) is 9.78 Å². The monoisotopic (exact) mass is 332 g/mol. The van der Waals surface area contributed by atoms with Crippen LogP contribution in [0.2, 0.25) is 0 Å². The van der Waals surface area contributed by atoms with Gasteiger partial charge < -0.3 is 10.4 Å². The standard InChI is InChI=1S/C15H16N4O3S/c20-12(19-15(14(21)22)4-2-1-3-5-15)11-9-23-13(18-11)10-8-16-6-7-17-10/h6-9H,1-5H2,(H,19,20)(H,21,22). The van der Waals surface area contributed by atoms with E-state index in [4.69, 9.17) is 0 Å². The van der Waals surface area contributed by atoms with Gasteiger partial charge in [0, 0.05) is 17.8 Å². The molecule has 0 saturated heterocycles. The highest BCUT2D eigenvalue weighted by atomic mass is 32.1. The molecule has 2 N–H and O–H groups in total. The van der Waals surface area contributed by atoms with Gasteiger partial charge >= 0.3 is 5.97 Å². The molecule has 2 aromatic heterocycles. The molecule has 7 nitrogen and oxygen atoms in total. The molecule has 1 aliphatic rings. The number of nitrogens with one attached hydrogen (secondary N) is 1. The second kappa shape index (κ2) is 6.41. The summed E-state index contributed by atoms with van der Waals surface area (Å²) < 4.78 is 0. The minimum absolute atomic E-state index is 0.210. The Labute approximate surface area is 136 Å². The third-order valence-electron chi connectivity index (χ3n) is 3.99. The normalized spacial score (nSPS) is 16.7. The summed E-state index contributed by atoms with van der Waals surface area (Å²) in [7, 11) is 0. The summed E-state index contributed by atoms with van der Waals surface area (Å²) in [5, 5.41) is 14.4. The first kappa shape index (κ1) is 15.5. The van der Waals surface area contributed by atoms with Gasteiger partial charge in [0.25, 0.3) is 5.91 Å². The van der Waals surface area contributed by atoms with Crippen molar-refractivity contribution in [1.29, 1.82) is 0 Å². The molecule has 1 fully saturated rings. The highest BCUT2D eigenvalue weighted by Gasteiger charge is 2.41. The zero-order valence-corrected chi connectivity index (χ0v) is 13.2. The minimum Gasteiger partial charge on any atom is -0.480 e. The van der Waals surface area contributed by atoms with Gasteiger partial charge in [-0.05, 0) is 12.8 Å². The number of hydrogen-bond acceptors (Lipinski definition) is 6. The van der Waals surface area contributed by atoms with Crippen molar-refractivity contribution in [2.75, 3.05) is 0 Å². The average molecular weight is 332 g/mol. The quantitative estimate of drug-likeness (QED) is 0.888. The second-order valence-corrected chi connectivity index (χ2v) is 6.39. The van der Waals surface area contributed by atoms with E-state index in [0.29, 0.717) is 23.5 Å². The van der Waals surface area contributed by atoms with E-state index >= 15 is 0 Å². The number of amides is 1. The Morgan fingerprint density at radius 1 is 1.22 bits per heavy atom. The number of aliphatic carboxylic acids is 1. The van der Waals surface area contributed by atoms with E-state index in [2.05, 4.69) is 20.3 Å². The van der Waals surface area contributed by atoms with Crippen molar-refractivity contribution >= 4 is 23.2 Å². The van der Waals surface area contributed by atoms with Crippen LogP contribution in [0.1, 0.15) is 42.6 Å². The van der Waals surface area contributed by atoms with Crippen LogP contribution in [0.3, 0.4) is 0 Å². The van der Waals surface area contributed by atoms with E-state index in [9.17, 15) is 14.7 Å². The van der Waals surface area contributed by atoms with Crippen LogP contribution in [0.25, 0.3) is 10.7 Å². The first-order valence-corrected chi connectivity index (χ1v) is 8.26. The van der Waals surface area contributed by atoms with Crippen molar-refractivity contribution in [3.8, 4) is 10.7 Å². The van der Waals surface area contributed by atoms with E-state index in [1.54, 1.807) is 24.0 Å². The Bertz CT molecular complexity index is 711. The number of carbonyl (C=O) groups is 2. The van der Waals surface area contributed by atoms with Crippen LogP contribution in [-0.4, -0.2) is 37.5 Å². The SMILES string of the molecule is O=C(NC1(C(=O)O)CCCCC1)c1csc(-c2cnccn2)n1. The predicted molar refractivity (Wildman–Crippen MR) is 84.1 cm³/mol. The molecular weight excluding hydrogens is 316 g/mol. The van der Waals surface area contributed by atoms with E-state index in [1.807, 2.05) is 0 Å². The predicted octanol–water partition coefficient (Wildman–Crippen LogP) is 2.12. The molecule has 0 spiro atoms. The molecule has 0 atom stereocenters. The number of nitrogens with zero attached hydrogens (tertiary/aromatic N) is 3. The second-order valence-electron chi connectivity index (χ2n) is 5.53. The van der Waals surface area contributed by atoms with Crippen LogP contribution in [0.4, 0.5) is 0 Å². The number of thiazole rings is 1. The van der Waals surface area contributed by atoms with Gasteiger partial charge in [0.05, 0.1) is 6.20 Å². The lowest BCUT2D eigenvalue weighted by molar-refractivity contribution is -0.145.